The third-order valence-electron chi connectivity index (χ3n) is 3.73. The quantitative estimate of drug-likeness (QED) is 0.415. The van der Waals surface area contributed by atoms with E-state index >= 15 is 0 Å². The molecule has 0 saturated heterocycles. The van der Waals surface area contributed by atoms with Crippen molar-refractivity contribution in [3.05, 3.63) is 45.9 Å². The fourth-order valence-corrected chi connectivity index (χ4v) is 3.10. The molecule has 0 saturated carbocycles. The molecule has 2 rings (SSSR count). The summed E-state index contributed by atoms with van der Waals surface area (Å²) in [5.74, 6) is 1.95. The van der Waals surface area contributed by atoms with E-state index in [1.54, 1.807) is 31.4 Å². The van der Waals surface area contributed by atoms with E-state index in [9.17, 15) is 4.79 Å². The summed E-state index contributed by atoms with van der Waals surface area (Å²) in [6.07, 6.45) is 1.54. The maximum Gasteiger partial charge on any atom is 0.271 e. The van der Waals surface area contributed by atoms with Crippen molar-refractivity contribution in [3.63, 3.8) is 0 Å². The SMILES string of the molecule is CCOc1cc(C(=O)N/N=C/c2cc(Br)c(OCC)c(OCC)c2)ccc1OC. The van der Waals surface area contributed by atoms with Crippen LogP contribution in [0.25, 0.3) is 0 Å². The Labute approximate surface area is 179 Å². The van der Waals surface area contributed by atoms with Gasteiger partial charge < -0.3 is 18.9 Å². The molecule has 0 aliphatic rings. The van der Waals surface area contributed by atoms with Crippen LogP contribution in [0.4, 0.5) is 0 Å². The van der Waals surface area contributed by atoms with Gasteiger partial charge in [-0.05, 0) is 72.6 Å². The van der Waals surface area contributed by atoms with Crippen molar-refractivity contribution in [1.29, 1.82) is 0 Å². The zero-order valence-electron chi connectivity index (χ0n) is 17.0. The van der Waals surface area contributed by atoms with Crippen molar-refractivity contribution < 1.29 is 23.7 Å². The lowest BCUT2D eigenvalue weighted by molar-refractivity contribution is 0.0954. The average molecular weight is 465 g/mol. The van der Waals surface area contributed by atoms with Gasteiger partial charge in [0.05, 0.1) is 37.6 Å². The molecule has 0 bridgehead atoms. The van der Waals surface area contributed by atoms with Crippen molar-refractivity contribution >= 4 is 28.1 Å². The lowest BCUT2D eigenvalue weighted by Crippen LogP contribution is -2.17. The molecule has 156 valence electrons. The minimum absolute atomic E-state index is 0.361. The Morgan fingerprint density at radius 3 is 2.34 bits per heavy atom. The molecule has 0 aliphatic carbocycles. The molecule has 0 aromatic heterocycles. The number of carbonyl (C=O) groups is 1. The molecule has 8 heteroatoms. The molecule has 0 radical (unpaired) electrons. The molecule has 2 aromatic carbocycles. The topological polar surface area (TPSA) is 78.4 Å². The molecule has 0 aliphatic heterocycles. The molecule has 2 aromatic rings. The Balaban J connectivity index is 2.15. The Morgan fingerprint density at radius 2 is 1.69 bits per heavy atom. The van der Waals surface area contributed by atoms with Crippen molar-refractivity contribution in [2.75, 3.05) is 26.9 Å². The van der Waals surface area contributed by atoms with E-state index in [0.717, 1.165) is 10.0 Å². The minimum Gasteiger partial charge on any atom is -0.493 e. The number of nitrogens with zero attached hydrogens (tertiary/aromatic N) is 1. The number of hydrazone groups is 1. The van der Waals surface area contributed by atoms with Gasteiger partial charge in [-0.1, -0.05) is 0 Å². The number of halogens is 1. The lowest BCUT2D eigenvalue weighted by Gasteiger charge is -2.13. The van der Waals surface area contributed by atoms with Crippen molar-refractivity contribution in [2.24, 2.45) is 5.10 Å². The lowest BCUT2D eigenvalue weighted by atomic mass is 10.2. The van der Waals surface area contributed by atoms with E-state index in [-0.39, 0.29) is 5.91 Å². The number of rotatable bonds is 10. The summed E-state index contributed by atoms with van der Waals surface area (Å²) >= 11 is 3.48. The summed E-state index contributed by atoms with van der Waals surface area (Å²) in [6, 6.07) is 8.58. The van der Waals surface area contributed by atoms with Gasteiger partial charge in [0.15, 0.2) is 23.0 Å². The molecule has 0 unspecified atom stereocenters. The number of ether oxygens (including phenoxy) is 4. The van der Waals surface area contributed by atoms with Gasteiger partial charge in [0.1, 0.15) is 0 Å². The van der Waals surface area contributed by atoms with Gasteiger partial charge in [-0.3, -0.25) is 4.79 Å². The summed E-state index contributed by atoms with van der Waals surface area (Å²) in [5, 5.41) is 4.04. The van der Waals surface area contributed by atoms with Gasteiger partial charge in [0, 0.05) is 5.56 Å². The highest BCUT2D eigenvalue weighted by atomic mass is 79.9. The van der Waals surface area contributed by atoms with Crippen LogP contribution in [0.3, 0.4) is 0 Å². The van der Waals surface area contributed by atoms with Crippen LogP contribution >= 0.6 is 15.9 Å². The van der Waals surface area contributed by atoms with Crippen LogP contribution in [0.1, 0.15) is 36.7 Å². The molecule has 29 heavy (non-hydrogen) atoms. The predicted octanol–water partition coefficient (Wildman–Crippen LogP) is 4.42. The number of nitrogens with one attached hydrogen (secondary N) is 1. The molecule has 7 nitrogen and oxygen atoms in total. The van der Waals surface area contributed by atoms with Crippen LogP contribution in [0.15, 0.2) is 39.9 Å². The fourth-order valence-electron chi connectivity index (χ4n) is 2.53. The zero-order valence-corrected chi connectivity index (χ0v) is 18.5. The van der Waals surface area contributed by atoms with Gasteiger partial charge in [0.2, 0.25) is 0 Å². The molecule has 0 atom stereocenters. The Bertz CT molecular complexity index is 870. The maximum atomic E-state index is 12.4. The normalized spacial score (nSPS) is 10.7. The van der Waals surface area contributed by atoms with Crippen LogP contribution in [0.5, 0.6) is 23.0 Å². The van der Waals surface area contributed by atoms with E-state index in [2.05, 4.69) is 26.5 Å². The zero-order chi connectivity index (χ0) is 21.2. The fraction of sp³-hybridized carbons (Fsp3) is 0.333. The average Bonchev–Trinajstić information content (AvgIpc) is 2.71. The van der Waals surface area contributed by atoms with E-state index in [0.29, 0.717) is 48.4 Å². The van der Waals surface area contributed by atoms with Crippen LogP contribution in [-0.4, -0.2) is 39.1 Å². The minimum atomic E-state index is -0.361. The molecule has 1 N–H and O–H groups in total. The summed E-state index contributed by atoms with van der Waals surface area (Å²) in [4.78, 5) is 12.4. The molecule has 0 spiro atoms. The van der Waals surface area contributed by atoms with Crippen molar-refractivity contribution in [3.8, 4) is 23.0 Å². The second kappa shape index (κ2) is 11.3. The van der Waals surface area contributed by atoms with Crippen LogP contribution < -0.4 is 24.4 Å². The largest absolute Gasteiger partial charge is 0.493 e. The number of methoxy groups -OCH3 is 1. The number of amides is 1. The van der Waals surface area contributed by atoms with Crippen molar-refractivity contribution in [1.82, 2.24) is 5.43 Å². The Hall–Kier alpha value is -2.74. The highest BCUT2D eigenvalue weighted by molar-refractivity contribution is 9.10. The van der Waals surface area contributed by atoms with E-state index in [4.69, 9.17) is 18.9 Å². The Morgan fingerprint density at radius 1 is 1.00 bits per heavy atom. The van der Waals surface area contributed by atoms with E-state index < -0.39 is 0 Å². The first-order valence-electron chi connectivity index (χ1n) is 9.27. The first-order valence-corrected chi connectivity index (χ1v) is 10.1. The van der Waals surface area contributed by atoms with Gasteiger partial charge in [-0.15, -0.1) is 0 Å². The second-order valence-corrected chi connectivity index (χ2v) is 6.55. The Kier molecular flexibility index (Phi) is 8.79. The predicted molar refractivity (Wildman–Crippen MR) is 116 cm³/mol. The first kappa shape index (κ1) is 22.5. The number of carbonyl (C=O) groups excluding carboxylic acids is 1. The summed E-state index contributed by atoms with van der Waals surface area (Å²) in [6.45, 7) is 7.16. The third-order valence-corrected chi connectivity index (χ3v) is 4.31. The summed E-state index contributed by atoms with van der Waals surface area (Å²) in [7, 11) is 1.55. The molecular formula is C21H25BrN2O5. The van der Waals surface area contributed by atoms with Crippen molar-refractivity contribution in [2.45, 2.75) is 20.8 Å². The monoisotopic (exact) mass is 464 g/mol. The van der Waals surface area contributed by atoms with Gasteiger partial charge in [0.25, 0.3) is 5.91 Å². The molecule has 0 fully saturated rings. The van der Waals surface area contributed by atoms with Gasteiger partial charge in [-0.2, -0.15) is 5.10 Å². The molecule has 1 amide bonds. The van der Waals surface area contributed by atoms with Crippen LogP contribution in [0.2, 0.25) is 0 Å². The van der Waals surface area contributed by atoms with Crippen LogP contribution in [-0.2, 0) is 0 Å². The van der Waals surface area contributed by atoms with Gasteiger partial charge >= 0.3 is 0 Å². The highest BCUT2D eigenvalue weighted by Gasteiger charge is 2.12. The summed E-state index contributed by atoms with van der Waals surface area (Å²) in [5.41, 5.74) is 3.67. The third kappa shape index (κ3) is 6.12. The van der Waals surface area contributed by atoms with E-state index in [1.807, 2.05) is 26.8 Å². The highest BCUT2D eigenvalue weighted by Crippen LogP contribution is 2.36. The molecular weight excluding hydrogens is 440 g/mol. The maximum absolute atomic E-state index is 12.4. The van der Waals surface area contributed by atoms with Gasteiger partial charge in [-0.25, -0.2) is 5.43 Å². The first-order chi connectivity index (χ1) is 14.0. The molecule has 0 heterocycles. The standard InChI is InChI=1S/C21H25BrN2O5/c1-5-27-18-12-15(8-9-17(18)26-4)21(25)24-23-13-14-10-16(22)20(29-7-3)19(11-14)28-6-2/h8-13H,5-7H2,1-4H3,(H,24,25)/b23-13+. The van der Waals surface area contributed by atoms with Crippen LogP contribution in [0, 0.1) is 0 Å². The summed E-state index contributed by atoms with van der Waals surface area (Å²) < 4.78 is 22.7. The number of hydrogen-bond donors (Lipinski definition) is 1. The smallest absolute Gasteiger partial charge is 0.271 e. The second-order valence-electron chi connectivity index (χ2n) is 5.69. The van der Waals surface area contributed by atoms with E-state index in [1.165, 1.54) is 6.21 Å². The number of hydrogen-bond acceptors (Lipinski definition) is 6. The number of benzene rings is 2.